The van der Waals surface area contributed by atoms with Crippen molar-refractivity contribution < 1.29 is 34.2 Å². The van der Waals surface area contributed by atoms with E-state index in [2.05, 4.69) is 16.0 Å². The lowest BCUT2D eigenvalue weighted by atomic mass is 9.96. The van der Waals surface area contributed by atoms with Crippen LogP contribution in [0.4, 0.5) is 0 Å². The van der Waals surface area contributed by atoms with Gasteiger partial charge in [-0.2, -0.15) is 0 Å². The molecule has 1 aromatic rings. The number of carboxylic acid groups (broad SMARTS) is 1. The number of nitrogens with one attached hydrogen (secondary N) is 3. The van der Waals surface area contributed by atoms with Crippen LogP contribution in [0.2, 0.25) is 0 Å². The number of likely N-dealkylation sites (tertiary alicyclic amines) is 1. The monoisotopic (exact) mass is 546 g/mol. The summed E-state index contributed by atoms with van der Waals surface area (Å²) in [5, 5.41) is 27.3. The quantitative estimate of drug-likeness (QED) is 0.251. The molecule has 11 nitrogen and oxygen atoms in total. The second kappa shape index (κ2) is 14.5. The molecule has 2 rings (SSSR count). The fraction of sp³-hybridized carbons (Fsp3) is 0.607. The first-order chi connectivity index (χ1) is 18.3. The topological polar surface area (TPSA) is 165 Å². The molecule has 4 amide bonds. The second-order valence-electron chi connectivity index (χ2n) is 10.7. The molecule has 0 radical (unpaired) electrons. The third-order valence-corrected chi connectivity index (χ3v) is 7.08. The van der Waals surface area contributed by atoms with Crippen molar-refractivity contribution in [1.29, 1.82) is 0 Å². The molecule has 11 heteroatoms. The van der Waals surface area contributed by atoms with E-state index in [1.807, 2.05) is 20.8 Å². The number of phenols is 1. The van der Waals surface area contributed by atoms with Gasteiger partial charge >= 0.3 is 5.97 Å². The smallest absolute Gasteiger partial charge is 0.326 e. The molecule has 1 aliphatic rings. The van der Waals surface area contributed by atoms with Crippen LogP contribution in [0.3, 0.4) is 0 Å². The first-order valence-electron chi connectivity index (χ1n) is 13.5. The Labute approximate surface area is 229 Å². The number of hydrogen-bond acceptors (Lipinski definition) is 6. The van der Waals surface area contributed by atoms with Crippen LogP contribution >= 0.6 is 0 Å². The number of phenolic OH excluding ortho intramolecular Hbond substituents is 1. The molecule has 39 heavy (non-hydrogen) atoms. The molecule has 5 N–H and O–H groups in total. The van der Waals surface area contributed by atoms with Gasteiger partial charge in [-0.05, 0) is 48.8 Å². The van der Waals surface area contributed by atoms with Crippen LogP contribution in [-0.4, -0.2) is 75.4 Å². The summed E-state index contributed by atoms with van der Waals surface area (Å²) in [6.07, 6.45) is 1.98. The van der Waals surface area contributed by atoms with Gasteiger partial charge in [0.05, 0.1) is 0 Å². The zero-order valence-corrected chi connectivity index (χ0v) is 23.4. The third-order valence-electron chi connectivity index (χ3n) is 7.08. The third kappa shape index (κ3) is 9.26. The molecule has 1 aromatic carbocycles. The number of carboxylic acids is 1. The Morgan fingerprint density at radius 3 is 2.15 bits per heavy atom. The van der Waals surface area contributed by atoms with E-state index < -0.39 is 47.9 Å². The molecular weight excluding hydrogens is 504 g/mol. The number of aliphatic carboxylic acids is 1. The number of carbonyl (C=O) groups is 5. The molecule has 1 heterocycles. The van der Waals surface area contributed by atoms with E-state index in [0.29, 0.717) is 31.4 Å². The minimum atomic E-state index is -1.16. The largest absolute Gasteiger partial charge is 0.508 e. The Morgan fingerprint density at radius 1 is 0.974 bits per heavy atom. The van der Waals surface area contributed by atoms with Gasteiger partial charge in [0.2, 0.25) is 23.6 Å². The van der Waals surface area contributed by atoms with Gasteiger partial charge in [0.25, 0.3) is 0 Å². The first kappa shape index (κ1) is 31.6. The number of carbonyl (C=O) groups excluding carboxylic acids is 4. The zero-order chi connectivity index (χ0) is 29.3. The average molecular weight is 547 g/mol. The molecule has 0 saturated carbocycles. The number of hydrogen-bond donors (Lipinski definition) is 5. The van der Waals surface area contributed by atoms with Gasteiger partial charge < -0.3 is 31.1 Å². The van der Waals surface area contributed by atoms with Crippen molar-refractivity contribution in [3.05, 3.63) is 29.8 Å². The Balaban J connectivity index is 2.28. The molecule has 216 valence electrons. The van der Waals surface area contributed by atoms with Gasteiger partial charge in [-0.15, -0.1) is 0 Å². The summed E-state index contributed by atoms with van der Waals surface area (Å²) in [7, 11) is 0. The molecular formula is C28H42N4O7. The minimum Gasteiger partial charge on any atom is -0.508 e. The van der Waals surface area contributed by atoms with Gasteiger partial charge in [0, 0.05) is 19.9 Å². The molecule has 0 bridgehead atoms. The number of aromatic hydroxyl groups is 1. The van der Waals surface area contributed by atoms with Crippen molar-refractivity contribution in [3.8, 4) is 5.75 Å². The van der Waals surface area contributed by atoms with E-state index >= 15 is 0 Å². The van der Waals surface area contributed by atoms with Gasteiger partial charge in [-0.25, -0.2) is 4.79 Å². The summed E-state index contributed by atoms with van der Waals surface area (Å²) in [6.45, 7) is 9.19. The molecule has 0 aliphatic carbocycles. The Hall–Kier alpha value is -3.63. The summed E-state index contributed by atoms with van der Waals surface area (Å²) in [4.78, 5) is 65.1. The first-order valence-corrected chi connectivity index (χ1v) is 13.5. The van der Waals surface area contributed by atoms with E-state index in [-0.39, 0.29) is 36.3 Å². The van der Waals surface area contributed by atoms with Crippen molar-refractivity contribution >= 4 is 29.6 Å². The van der Waals surface area contributed by atoms with E-state index in [4.69, 9.17) is 0 Å². The van der Waals surface area contributed by atoms with Crippen molar-refractivity contribution in [2.24, 2.45) is 11.8 Å². The molecule has 1 aliphatic heterocycles. The fourth-order valence-electron chi connectivity index (χ4n) is 4.67. The maximum Gasteiger partial charge on any atom is 0.326 e. The van der Waals surface area contributed by atoms with Crippen LogP contribution < -0.4 is 16.0 Å². The molecule has 1 saturated heterocycles. The highest BCUT2D eigenvalue weighted by Gasteiger charge is 2.36. The summed E-state index contributed by atoms with van der Waals surface area (Å²) >= 11 is 0. The van der Waals surface area contributed by atoms with E-state index in [1.165, 1.54) is 24.0 Å². The van der Waals surface area contributed by atoms with Gasteiger partial charge in [0.15, 0.2) is 0 Å². The van der Waals surface area contributed by atoms with Crippen LogP contribution in [0.1, 0.15) is 65.9 Å². The standard InChI is InChI=1S/C28H42N4O7/c1-6-17(4)24(27(37)30-22(28(38)39)14-16(2)3)31-25(35)21(15-19-9-11-20(34)12-10-19)29-26(36)23-8-7-13-32(23)18(5)33/h9-12,16-17,21-24,34H,6-8,13-15H2,1-5H3,(H,29,36)(H,30,37)(H,31,35)(H,38,39)/t17-,21-,22-,23-,24-/m0/s1. The van der Waals surface area contributed by atoms with Crippen LogP contribution in [0.5, 0.6) is 5.75 Å². The van der Waals surface area contributed by atoms with E-state index in [1.54, 1.807) is 19.1 Å². The molecule has 0 aromatic heterocycles. The average Bonchev–Trinajstić information content (AvgIpc) is 3.37. The zero-order valence-electron chi connectivity index (χ0n) is 23.4. The van der Waals surface area contributed by atoms with Crippen LogP contribution in [0.25, 0.3) is 0 Å². The van der Waals surface area contributed by atoms with Gasteiger partial charge in [-0.1, -0.05) is 46.2 Å². The lowest BCUT2D eigenvalue weighted by Gasteiger charge is -2.29. The SMILES string of the molecule is CC[C@H](C)[C@H](NC(=O)[C@H](Cc1ccc(O)cc1)NC(=O)[C@@H]1CCCN1C(C)=O)C(=O)N[C@@H](CC(C)C)C(=O)O. The summed E-state index contributed by atoms with van der Waals surface area (Å²) < 4.78 is 0. The van der Waals surface area contributed by atoms with Crippen molar-refractivity contribution in [1.82, 2.24) is 20.9 Å². The highest BCUT2D eigenvalue weighted by molar-refractivity contribution is 5.95. The van der Waals surface area contributed by atoms with E-state index in [9.17, 15) is 34.2 Å². The van der Waals surface area contributed by atoms with Gasteiger partial charge in [-0.3, -0.25) is 19.2 Å². The summed E-state index contributed by atoms with van der Waals surface area (Å²) in [5.41, 5.74) is 0.663. The molecule has 1 fully saturated rings. The number of amides is 4. The number of nitrogens with zero attached hydrogens (tertiary/aromatic N) is 1. The summed E-state index contributed by atoms with van der Waals surface area (Å²) in [5.74, 6) is -3.32. The molecule has 5 atom stereocenters. The number of rotatable bonds is 13. The minimum absolute atomic E-state index is 0.0260. The van der Waals surface area contributed by atoms with Crippen LogP contribution in [0.15, 0.2) is 24.3 Å². The highest BCUT2D eigenvalue weighted by atomic mass is 16.4. The normalized spacial score (nSPS) is 18.1. The molecule has 0 spiro atoms. The van der Waals surface area contributed by atoms with Crippen LogP contribution in [-0.2, 0) is 30.4 Å². The van der Waals surface area contributed by atoms with Crippen molar-refractivity contribution in [3.63, 3.8) is 0 Å². The summed E-state index contributed by atoms with van der Waals surface area (Å²) in [6, 6.07) is 2.28. The Morgan fingerprint density at radius 2 is 1.62 bits per heavy atom. The molecule has 0 unspecified atom stereocenters. The lowest BCUT2D eigenvalue weighted by molar-refractivity contribution is -0.143. The lowest BCUT2D eigenvalue weighted by Crippen LogP contribution is -2.59. The van der Waals surface area contributed by atoms with Crippen molar-refractivity contribution in [2.45, 2.75) is 90.9 Å². The predicted octanol–water partition coefficient (Wildman–Crippen LogP) is 1.58. The maximum atomic E-state index is 13.6. The van der Waals surface area contributed by atoms with E-state index in [0.717, 1.165) is 0 Å². The fourth-order valence-corrected chi connectivity index (χ4v) is 4.67. The second-order valence-corrected chi connectivity index (χ2v) is 10.7. The highest BCUT2D eigenvalue weighted by Crippen LogP contribution is 2.19. The predicted molar refractivity (Wildman–Crippen MR) is 145 cm³/mol. The van der Waals surface area contributed by atoms with Crippen molar-refractivity contribution in [2.75, 3.05) is 6.54 Å². The van der Waals surface area contributed by atoms with Crippen LogP contribution in [0, 0.1) is 11.8 Å². The maximum absolute atomic E-state index is 13.6. The Kier molecular flexibility index (Phi) is 11.7. The number of benzene rings is 1. The van der Waals surface area contributed by atoms with Gasteiger partial charge in [0.1, 0.15) is 29.9 Å². The Bertz CT molecular complexity index is 1030.